The van der Waals surface area contributed by atoms with Gasteiger partial charge < -0.3 is 20.9 Å². The van der Waals surface area contributed by atoms with Crippen molar-refractivity contribution < 1.29 is 14.6 Å². The van der Waals surface area contributed by atoms with Gasteiger partial charge in [0.1, 0.15) is 5.75 Å². The van der Waals surface area contributed by atoms with E-state index in [1.165, 1.54) is 13.2 Å². The fourth-order valence-electron chi connectivity index (χ4n) is 2.81. The number of aromatic hydroxyl groups is 1. The molecular formula is C14H18Cl2N2O3. The molecule has 1 fully saturated rings. The highest BCUT2D eigenvalue weighted by molar-refractivity contribution is 6.42. The average Bonchev–Trinajstić information content (AvgIpc) is 2.89. The van der Waals surface area contributed by atoms with Gasteiger partial charge in [0.25, 0.3) is 0 Å². The van der Waals surface area contributed by atoms with Crippen LogP contribution in [0.5, 0.6) is 5.75 Å². The third kappa shape index (κ3) is 3.43. The van der Waals surface area contributed by atoms with Gasteiger partial charge in [-0.25, -0.2) is 0 Å². The summed E-state index contributed by atoms with van der Waals surface area (Å²) in [7, 11) is 1.54. The highest BCUT2D eigenvalue weighted by Crippen LogP contribution is 2.41. The van der Waals surface area contributed by atoms with E-state index in [1.54, 1.807) is 6.07 Å². The Morgan fingerprint density at radius 2 is 2.29 bits per heavy atom. The molecule has 21 heavy (non-hydrogen) atoms. The van der Waals surface area contributed by atoms with Gasteiger partial charge in [0, 0.05) is 18.7 Å². The second-order valence-corrected chi connectivity index (χ2v) is 6.00. The number of benzene rings is 1. The van der Waals surface area contributed by atoms with Crippen molar-refractivity contribution in [2.45, 2.75) is 12.5 Å². The molecule has 1 saturated heterocycles. The van der Waals surface area contributed by atoms with Crippen LogP contribution in [0, 0.1) is 11.8 Å². The molecule has 1 aliphatic rings. The SMILES string of the molecule is COC[C@@H](C(N)=O)[C@H]1CN[C@@H](c2c(O)ccc(Cl)c2Cl)C1. The van der Waals surface area contributed by atoms with Crippen molar-refractivity contribution in [1.82, 2.24) is 5.32 Å². The molecule has 4 N–H and O–H groups in total. The maximum Gasteiger partial charge on any atom is 0.223 e. The van der Waals surface area contributed by atoms with E-state index < -0.39 is 0 Å². The summed E-state index contributed by atoms with van der Waals surface area (Å²) in [5.41, 5.74) is 5.99. The molecule has 0 aliphatic carbocycles. The molecular weight excluding hydrogens is 315 g/mol. The molecule has 1 aliphatic heterocycles. The minimum Gasteiger partial charge on any atom is -0.508 e. The molecule has 2 rings (SSSR count). The first-order valence-corrected chi connectivity index (χ1v) is 7.39. The molecule has 1 aromatic rings. The first kappa shape index (κ1) is 16.4. The van der Waals surface area contributed by atoms with Crippen LogP contribution in [-0.2, 0) is 9.53 Å². The predicted molar refractivity (Wildman–Crippen MR) is 81.5 cm³/mol. The number of nitrogens with two attached hydrogens (primary N) is 1. The Morgan fingerprint density at radius 3 is 2.90 bits per heavy atom. The number of primary amides is 1. The minimum atomic E-state index is -0.384. The Hall–Kier alpha value is -1.01. The van der Waals surface area contributed by atoms with Crippen LogP contribution in [0.3, 0.4) is 0 Å². The molecule has 1 amide bonds. The van der Waals surface area contributed by atoms with Crippen LogP contribution in [0.4, 0.5) is 0 Å². The van der Waals surface area contributed by atoms with Crippen LogP contribution in [0.25, 0.3) is 0 Å². The second-order valence-electron chi connectivity index (χ2n) is 5.21. The molecule has 3 atom stereocenters. The Morgan fingerprint density at radius 1 is 1.57 bits per heavy atom. The lowest BCUT2D eigenvalue weighted by Crippen LogP contribution is -2.34. The first-order chi connectivity index (χ1) is 9.95. The molecule has 5 nitrogen and oxygen atoms in total. The number of rotatable bonds is 5. The van der Waals surface area contributed by atoms with E-state index in [2.05, 4.69) is 5.32 Å². The molecule has 116 valence electrons. The average molecular weight is 333 g/mol. The van der Waals surface area contributed by atoms with E-state index in [9.17, 15) is 9.90 Å². The molecule has 1 heterocycles. The van der Waals surface area contributed by atoms with Crippen molar-refractivity contribution in [2.24, 2.45) is 17.6 Å². The van der Waals surface area contributed by atoms with Gasteiger partial charge in [-0.15, -0.1) is 0 Å². The molecule has 1 aromatic carbocycles. The smallest absolute Gasteiger partial charge is 0.223 e. The van der Waals surface area contributed by atoms with E-state index in [0.29, 0.717) is 28.6 Å². The fraction of sp³-hybridized carbons (Fsp3) is 0.500. The van der Waals surface area contributed by atoms with E-state index in [1.807, 2.05) is 0 Å². The molecule has 0 aromatic heterocycles. The van der Waals surface area contributed by atoms with Crippen molar-refractivity contribution in [3.05, 3.63) is 27.7 Å². The standard InChI is InChI=1S/C14H18Cl2N2O3/c1-21-6-8(14(17)20)7-4-10(18-5-7)12-11(19)3-2-9(15)13(12)16/h2-3,7-8,10,18-19H,4-6H2,1H3,(H2,17,20)/t7-,8-,10-/m1/s1. The number of amides is 1. The van der Waals surface area contributed by atoms with Crippen molar-refractivity contribution in [2.75, 3.05) is 20.3 Å². The maximum atomic E-state index is 11.5. The topological polar surface area (TPSA) is 84.6 Å². The largest absolute Gasteiger partial charge is 0.508 e. The predicted octanol–water partition coefficient (Wildman–Crippen LogP) is 2.10. The number of carbonyl (C=O) groups excluding carboxylic acids is 1. The number of halogens is 2. The lowest BCUT2D eigenvalue weighted by atomic mass is 9.88. The van der Waals surface area contributed by atoms with Gasteiger partial charge in [-0.1, -0.05) is 23.2 Å². The van der Waals surface area contributed by atoms with Crippen LogP contribution >= 0.6 is 23.2 Å². The Balaban J connectivity index is 2.19. The monoisotopic (exact) mass is 332 g/mol. The fourth-order valence-corrected chi connectivity index (χ4v) is 3.26. The summed E-state index contributed by atoms with van der Waals surface area (Å²) in [6.07, 6.45) is 0.630. The number of hydrogen-bond acceptors (Lipinski definition) is 4. The van der Waals surface area contributed by atoms with Crippen molar-refractivity contribution >= 4 is 29.1 Å². The third-order valence-electron chi connectivity index (χ3n) is 3.90. The van der Waals surface area contributed by atoms with Crippen LogP contribution in [-0.4, -0.2) is 31.3 Å². The van der Waals surface area contributed by atoms with Crippen LogP contribution < -0.4 is 11.1 Å². The second kappa shape index (κ2) is 6.83. The highest BCUT2D eigenvalue weighted by Gasteiger charge is 2.36. The summed E-state index contributed by atoms with van der Waals surface area (Å²) in [6, 6.07) is 2.89. The van der Waals surface area contributed by atoms with Gasteiger partial charge in [-0.05, 0) is 31.0 Å². The lowest BCUT2D eigenvalue weighted by Gasteiger charge is -2.19. The molecule has 0 saturated carbocycles. The summed E-state index contributed by atoms with van der Waals surface area (Å²) in [5.74, 6) is -0.634. The zero-order chi connectivity index (χ0) is 15.6. The lowest BCUT2D eigenvalue weighted by molar-refractivity contribution is -0.125. The van der Waals surface area contributed by atoms with Crippen LogP contribution in [0.1, 0.15) is 18.0 Å². The summed E-state index contributed by atoms with van der Waals surface area (Å²) in [6.45, 7) is 0.883. The zero-order valence-electron chi connectivity index (χ0n) is 11.6. The number of phenols is 1. The number of methoxy groups -OCH3 is 1. The van der Waals surface area contributed by atoms with Crippen LogP contribution in [0.2, 0.25) is 10.0 Å². The quantitative estimate of drug-likeness (QED) is 0.770. The van der Waals surface area contributed by atoms with Crippen molar-refractivity contribution in [3.8, 4) is 5.75 Å². The van der Waals surface area contributed by atoms with Gasteiger partial charge in [-0.3, -0.25) is 4.79 Å². The Labute approximate surface area is 133 Å². The summed E-state index contributed by atoms with van der Waals surface area (Å²) >= 11 is 12.2. The molecule has 0 radical (unpaired) electrons. The summed E-state index contributed by atoms with van der Waals surface area (Å²) in [4.78, 5) is 11.5. The Kier molecular flexibility index (Phi) is 5.32. The van der Waals surface area contributed by atoms with E-state index in [0.717, 1.165) is 0 Å². The van der Waals surface area contributed by atoms with E-state index >= 15 is 0 Å². The van der Waals surface area contributed by atoms with Crippen LogP contribution in [0.15, 0.2) is 12.1 Å². The van der Waals surface area contributed by atoms with Gasteiger partial charge in [-0.2, -0.15) is 0 Å². The zero-order valence-corrected chi connectivity index (χ0v) is 13.1. The molecule has 0 unspecified atom stereocenters. The molecule has 7 heteroatoms. The molecule has 0 spiro atoms. The van der Waals surface area contributed by atoms with E-state index in [-0.39, 0.29) is 36.1 Å². The van der Waals surface area contributed by atoms with Gasteiger partial charge in [0.15, 0.2) is 0 Å². The first-order valence-electron chi connectivity index (χ1n) is 6.64. The highest BCUT2D eigenvalue weighted by atomic mass is 35.5. The number of nitrogens with one attached hydrogen (secondary N) is 1. The van der Waals surface area contributed by atoms with Crippen molar-refractivity contribution in [3.63, 3.8) is 0 Å². The Bertz CT molecular complexity index is 539. The third-order valence-corrected chi connectivity index (χ3v) is 4.72. The normalized spacial score (nSPS) is 23.2. The number of hydrogen-bond donors (Lipinski definition) is 3. The minimum absolute atomic E-state index is 0.0295. The number of carbonyl (C=O) groups is 1. The molecule has 0 bridgehead atoms. The number of phenolic OH excluding ortho intramolecular Hbond substituents is 1. The van der Waals surface area contributed by atoms with E-state index in [4.69, 9.17) is 33.7 Å². The van der Waals surface area contributed by atoms with Gasteiger partial charge >= 0.3 is 0 Å². The van der Waals surface area contributed by atoms with Crippen molar-refractivity contribution in [1.29, 1.82) is 0 Å². The summed E-state index contributed by atoms with van der Waals surface area (Å²) in [5, 5.41) is 14.0. The summed E-state index contributed by atoms with van der Waals surface area (Å²) < 4.78 is 5.06. The maximum absolute atomic E-state index is 11.5. The van der Waals surface area contributed by atoms with Gasteiger partial charge in [0.2, 0.25) is 5.91 Å². The number of ether oxygens (including phenoxy) is 1. The van der Waals surface area contributed by atoms with Gasteiger partial charge in [0.05, 0.1) is 22.6 Å².